The van der Waals surface area contributed by atoms with E-state index in [0.717, 1.165) is 0 Å². The van der Waals surface area contributed by atoms with Gasteiger partial charge in [0.2, 0.25) is 5.84 Å². The molecule has 1 aromatic carbocycles. The van der Waals surface area contributed by atoms with Gasteiger partial charge in [0.1, 0.15) is 11.4 Å². The summed E-state index contributed by atoms with van der Waals surface area (Å²) < 4.78 is 36.2. The third kappa shape index (κ3) is 3.32. The number of hydrazone groups is 2. The zero-order chi connectivity index (χ0) is 20.8. The lowest BCUT2D eigenvalue weighted by molar-refractivity contribution is 0.0531. The molecule has 0 fully saturated rings. The van der Waals surface area contributed by atoms with Crippen LogP contribution in [0.25, 0.3) is 10.9 Å². The minimum atomic E-state index is -3.38. The highest BCUT2D eigenvalue weighted by Crippen LogP contribution is 2.37. The Bertz CT molecular complexity index is 1130. The van der Waals surface area contributed by atoms with Crippen molar-refractivity contribution in [3.8, 4) is 0 Å². The number of benzene rings is 1. The first-order valence-corrected chi connectivity index (χ1v) is 9.06. The van der Waals surface area contributed by atoms with Crippen LogP contribution < -0.4 is 5.43 Å². The molecule has 1 aliphatic heterocycles. The second-order valence-electron chi connectivity index (χ2n) is 7.42. The van der Waals surface area contributed by atoms with Crippen LogP contribution in [-0.4, -0.2) is 32.4 Å². The largest absolute Gasteiger partial charge is 0.355 e. The Morgan fingerprint density at radius 2 is 2.03 bits per heavy atom. The first-order valence-electron chi connectivity index (χ1n) is 9.06. The molecule has 7 nitrogen and oxygen atoms in total. The Balaban J connectivity index is 1.74. The number of aromatic nitrogens is 2. The number of fused-ring (bicyclic) bond motifs is 1. The molecule has 0 amide bonds. The van der Waals surface area contributed by atoms with Crippen molar-refractivity contribution in [2.24, 2.45) is 10.2 Å². The molecule has 0 saturated heterocycles. The average Bonchev–Trinajstić information content (AvgIpc) is 3.25. The Hall–Kier alpha value is -3.36. The van der Waals surface area contributed by atoms with Gasteiger partial charge in [0.25, 0.3) is 0 Å². The smallest absolute Gasteiger partial charge is 0.333 e. The summed E-state index contributed by atoms with van der Waals surface area (Å²) in [5.74, 6) is -3.47. The molecule has 0 aliphatic carbocycles. The molecule has 0 saturated carbocycles. The number of hydrogen-bond acceptors (Lipinski definition) is 7. The number of rotatable bonds is 4. The predicted octanol–water partition coefficient (Wildman–Crippen LogP) is 4.00. The van der Waals surface area contributed by atoms with Crippen molar-refractivity contribution in [3.63, 3.8) is 0 Å². The van der Waals surface area contributed by atoms with Gasteiger partial charge in [0.15, 0.2) is 5.76 Å². The van der Waals surface area contributed by atoms with Gasteiger partial charge >= 0.3 is 5.92 Å². The molecule has 0 spiro atoms. The third-order valence-electron chi connectivity index (χ3n) is 4.65. The maximum atomic E-state index is 15.5. The van der Waals surface area contributed by atoms with Gasteiger partial charge < -0.3 is 4.52 Å². The molecule has 29 heavy (non-hydrogen) atoms. The molecule has 2 aromatic heterocycles. The minimum absolute atomic E-state index is 0.190. The van der Waals surface area contributed by atoms with Crippen LogP contribution in [-0.2, 0) is 5.92 Å². The van der Waals surface area contributed by atoms with Crippen LogP contribution in [0.5, 0.6) is 0 Å². The zero-order valence-corrected chi connectivity index (χ0v) is 16.4. The van der Waals surface area contributed by atoms with E-state index in [9.17, 15) is 0 Å². The molecule has 150 valence electrons. The molecule has 3 heterocycles. The maximum absolute atomic E-state index is 15.5. The number of nitrogens with one attached hydrogen (secondary N) is 1. The van der Waals surface area contributed by atoms with Crippen molar-refractivity contribution >= 4 is 22.5 Å². The van der Waals surface area contributed by atoms with Gasteiger partial charge in [-0.05, 0) is 45.9 Å². The van der Waals surface area contributed by atoms with Crippen LogP contribution in [0.3, 0.4) is 0 Å². The average molecular weight is 398 g/mol. The van der Waals surface area contributed by atoms with Crippen LogP contribution in [0.4, 0.5) is 8.78 Å². The van der Waals surface area contributed by atoms with Crippen LogP contribution in [0, 0.1) is 6.92 Å². The number of amidine groups is 1. The molecular weight excluding hydrogens is 378 g/mol. The molecule has 0 unspecified atom stereocenters. The predicted molar refractivity (Wildman–Crippen MR) is 106 cm³/mol. The number of aryl methyl sites for hydroxylation is 1. The standard InChI is InChI=1S/C20H20F2N6O/c1-12-10-17(29-26-12)13(2)25-28-18(24-27-19(28,3)4)20(21,22)15-7-8-16-14(11-15)6-5-9-23-16/h5-11,27H,1-4H3/b25-13+. The molecule has 1 N–H and O–H groups in total. The van der Waals surface area contributed by atoms with Gasteiger partial charge in [0.05, 0.1) is 11.2 Å². The molecule has 0 radical (unpaired) electrons. The number of pyridine rings is 1. The van der Waals surface area contributed by atoms with Crippen molar-refractivity contribution in [1.29, 1.82) is 0 Å². The molecular formula is C20H20F2N6O. The second kappa shape index (κ2) is 6.61. The van der Waals surface area contributed by atoms with Crippen LogP contribution in [0.15, 0.2) is 57.3 Å². The van der Waals surface area contributed by atoms with Gasteiger partial charge in [0, 0.05) is 23.2 Å². The Kier molecular flexibility index (Phi) is 4.33. The van der Waals surface area contributed by atoms with E-state index in [0.29, 0.717) is 28.1 Å². The van der Waals surface area contributed by atoms with Gasteiger partial charge in [-0.1, -0.05) is 17.3 Å². The van der Waals surface area contributed by atoms with Crippen LogP contribution in [0.1, 0.15) is 37.8 Å². The molecule has 4 rings (SSSR count). The highest BCUT2D eigenvalue weighted by molar-refractivity contribution is 5.99. The van der Waals surface area contributed by atoms with E-state index >= 15 is 8.78 Å². The SMILES string of the molecule is C/C(=N\N1C(C(F)(F)c2ccc3ncccc3c2)=NNC1(C)C)c1cc(C)no1. The van der Waals surface area contributed by atoms with Crippen molar-refractivity contribution < 1.29 is 13.3 Å². The van der Waals surface area contributed by atoms with Crippen molar-refractivity contribution in [2.45, 2.75) is 39.3 Å². The van der Waals surface area contributed by atoms with Crippen LogP contribution >= 0.6 is 0 Å². The fourth-order valence-electron chi connectivity index (χ4n) is 3.06. The highest BCUT2D eigenvalue weighted by Gasteiger charge is 2.50. The molecule has 0 atom stereocenters. The summed E-state index contributed by atoms with van der Waals surface area (Å²) in [6.07, 6.45) is 1.62. The van der Waals surface area contributed by atoms with E-state index in [1.807, 2.05) is 0 Å². The summed E-state index contributed by atoms with van der Waals surface area (Å²) in [5.41, 5.74) is 3.33. The van der Waals surface area contributed by atoms with E-state index in [4.69, 9.17) is 4.52 Å². The Morgan fingerprint density at radius 1 is 1.24 bits per heavy atom. The topological polar surface area (TPSA) is 78.9 Å². The molecule has 9 heteroatoms. The van der Waals surface area contributed by atoms with E-state index < -0.39 is 17.4 Å². The monoisotopic (exact) mass is 398 g/mol. The maximum Gasteiger partial charge on any atom is 0.333 e. The summed E-state index contributed by atoms with van der Waals surface area (Å²) in [6, 6.07) is 9.50. The first-order chi connectivity index (χ1) is 13.7. The lowest BCUT2D eigenvalue weighted by Crippen LogP contribution is -2.49. The normalized spacial score (nSPS) is 16.8. The highest BCUT2D eigenvalue weighted by atomic mass is 19.3. The van der Waals surface area contributed by atoms with Crippen LogP contribution in [0.2, 0.25) is 0 Å². The first kappa shape index (κ1) is 19.0. The second-order valence-corrected chi connectivity index (χ2v) is 7.42. The lowest BCUT2D eigenvalue weighted by atomic mass is 10.0. The third-order valence-corrected chi connectivity index (χ3v) is 4.65. The van der Waals surface area contributed by atoms with Gasteiger partial charge in [-0.25, -0.2) is 5.01 Å². The summed E-state index contributed by atoms with van der Waals surface area (Å²) in [7, 11) is 0. The van der Waals surface area contributed by atoms with Crippen molar-refractivity contribution in [1.82, 2.24) is 20.6 Å². The number of hydrogen-bond donors (Lipinski definition) is 1. The van der Waals surface area contributed by atoms with Crippen molar-refractivity contribution in [3.05, 3.63) is 59.6 Å². The number of alkyl halides is 2. The minimum Gasteiger partial charge on any atom is -0.355 e. The zero-order valence-electron chi connectivity index (χ0n) is 16.4. The lowest BCUT2D eigenvalue weighted by Gasteiger charge is -2.31. The van der Waals surface area contributed by atoms with Crippen molar-refractivity contribution in [2.75, 3.05) is 0 Å². The fraction of sp³-hybridized carbons (Fsp3) is 0.300. The van der Waals surface area contributed by atoms with Gasteiger partial charge in [-0.3, -0.25) is 10.4 Å². The molecule has 3 aromatic rings. The Labute approximate surface area is 166 Å². The summed E-state index contributed by atoms with van der Waals surface area (Å²) >= 11 is 0. The number of nitrogens with zero attached hydrogens (tertiary/aromatic N) is 5. The van der Waals surface area contributed by atoms with Gasteiger partial charge in [-0.15, -0.1) is 0 Å². The van der Waals surface area contributed by atoms with Gasteiger partial charge in [-0.2, -0.15) is 19.0 Å². The van der Waals surface area contributed by atoms with E-state index in [1.165, 1.54) is 17.1 Å². The molecule has 0 bridgehead atoms. The quantitative estimate of drug-likeness (QED) is 0.672. The summed E-state index contributed by atoms with van der Waals surface area (Å²) in [6.45, 7) is 6.88. The Morgan fingerprint density at radius 3 is 2.76 bits per heavy atom. The van der Waals surface area contributed by atoms with E-state index in [1.54, 1.807) is 58.2 Å². The van der Waals surface area contributed by atoms with E-state index in [2.05, 4.69) is 25.8 Å². The fourth-order valence-corrected chi connectivity index (χ4v) is 3.06. The number of halogens is 2. The summed E-state index contributed by atoms with van der Waals surface area (Å²) in [4.78, 5) is 4.18. The summed E-state index contributed by atoms with van der Waals surface area (Å²) in [5, 5.41) is 13.9. The molecule has 1 aliphatic rings. The van der Waals surface area contributed by atoms with E-state index in [-0.39, 0.29) is 5.56 Å².